The van der Waals surface area contributed by atoms with Gasteiger partial charge in [0.2, 0.25) is 0 Å². The van der Waals surface area contributed by atoms with Gasteiger partial charge < -0.3 is 9.47 Å². The fourth-order valence-corrected chi connectivity index (χ4v) is 4.25. The molecule has 0 aliphatic carbocycles. The minimum absolute atomic E-state index is 0.0617. The molecule has 2 aromatic heterocycles. The number of pyridine rings is 1. The summed E-state index contributed by atoms with van der Waals surface area (Å²) in [4.78, 5) is 20.1. The van der Waals surface area contributed by atoms with E-state index in [4.69, 9.17) is 0 Å². The predicted octanol–water partition coefficient (Wildman–Crippen LogP) is 4.73. The van der Waals surface area contributed by atoms with Crippen LogP contribution in [0.2, 0.25) is 0 Å². The smallest absolute Gasteiger partial charge is 0.255 e. The zero-order valence-corrected chi connectivity index (χ0v) is 16.0. The maximum atomic E-state index is 13.8. The number of hydrogen-bond acceptors (Lipinski definition) is 2. The van der Waals surface area contributed by atoms with Gasteiger partial charge in [-0.2, -0.15) is 0 Å². The summed E-state index contributed by atoms with van der Waals surface area (Å²) in [5, 5.41) is 0.676. The predicted molar refractivity (Wildman–Crippen MR) is 110 cm³/mol. The van der Waals surface area contributed by atoms with Crippen molar-refractivity contribution in [2.75, 3.05) is 6.54 Å². The molecule has 1 aliphatic heterocycles. The number of halogens is 1. The van der Waals surface area contributed by atoms with E-state index in [1.165, 1.54) is 12.1 Å². The first kappa shape index (κ1) is 17.6. The van der Waals surface area contributed by atoms with Gasteiger partial charge in [-0.25, -0.2) is 4.39 Å². The Labute approximate surface area is 168 Å². The molecular weight excluding hydrogens is 365 g/mol. The highest BCUT2D eigenvalue weighted by Crippen LogP contribution is 2.34. The molecule has 1 atom stereocenters. The fourth-order valence-electron chi connectivity index (χ4n) is 4.25. The van der Waals surface area contributed by atoms with Crippen LogP contribution in [-0.2, 0) is 6.54 Å². The number of fused-ring (bicyclic) bond motifs is 2. The van der Waals surface area contributed by atoms with Crippen LogP contribution < -0.4 is 0 Å². The van der Waals surface area contributed by atoms with Crippen LogP contribution in [0.1, 0.15) is 33.4 Å². The molecule has 5 heteroatoms. The second-order valence-electron chi connectivity index (χ2n) is 7.41. The van der Waals surface area contributed by atoms with Gasteiger partial charge in [-0.05, 0) is 42.8 Å². The molecule has 144 valence electrons. The third-order valence-electron chi connectivity index (χ3n) is 5.54. The Hall–Kier alpha value is -3.47. The Morgan fingerprint density at radius 1 is 1.03 bits per heavy atom. The quantitative estimate of drug-likeness (QED) is 0.500. The van der Waals surface area contributed by atoms with Crippen molar-refractivity contribution in [2.45, 2.75) is 19.5 Å². The van der Waals surface area contributed by atoms with E-state index in [1.54, 1.807) is 12.1 Å². The van der Waals surface area contributed by atoms with Crippen molar-refractivity contribution in [1.82, 2.24) is 14.5 Å². The molecular formula is C24H20FN3O. The molecule has 0 spiro atoms. The topological polar surface area (TPSA) is 38.1 Å². The Morgan fingerprint density at radius 2 is 1.86 bits per heavy atom. The van der Waals surface area contributed by atoms with Crippen molar-refractivity contribution in [3.63, 3.8) is 0 Å². The highest BCUT2D eigenvalue weighted by atomic mass is 19.1. The number of hydrogen-bond donors (Lipinski definition) is 0. The van der Waals surface area contributed by atoms with Gasteiger partial charge in [0.25, 0.3) is 5.91 Å². The van der Waals surface area contributed by atoms with Gasteiger partial charge in [-0.3, -0.25) is 9.78 Å². The summed E-state index contributed by atoms with van der Waals surface area (Å²) in [6.07, 6.45) is 2.06. The molecule has 1 unspecified atom stereocenters. The highest BCUT2D eigenvalue weighted by molar-refractivity contribution is 6.06. The van der Waals surface area contributed by atoms with Gasteiger partial charge in [0.15, 0.2) is 0 Å². The number of benzene rings is 2. The van der Waals surface area contributed by atoms with Crippen LogP contribution in [0.25, 0.3) is 10.9 Å². The van der Waals surface area contributed by atoms with Crippen LogP contribution in [0, 0.1) is 12.7 Å². The monoisotopic (exact) mass is 385 g/mol. The number of aryl methyl sites for hydroxylation is 1. The van der Waals surface area contributed by atoms with E-state index in [9.17, 15) is 9.18 Å². The normalized spacial score (nSPS) is 16.1. The summed E-state index contributed by atoms with van der Waals surface area (Å²) in [6, 6.07) is 20.2. The van der Waals surface area contributed by atoms with Crippen molar-refractivity contribution >= 4 is 16.8 Å². The summed E-state index contributed by atoms with van der Waals surface area (Å²) >= 11 is 0. The van der Waals surface area contributed by atoms with Crippen molar-refractivity contribution in [3.8, 4) is 0 Å². The maximum absolute atomic E-state index is 13.8. The minimum Gasteiger partial charge on any atom is -0.348 e. The van der Waals surface area contributed by atoms with E-state index in [1.807, 2.05) is 36.1 Å². The van der Waals surface area contributed by atoms with Gasteiger partial charge in [0.1, 0.15) is 5.82 Å². The first-order valence-electron chi connectivity index (χ1n) is 9.70. The van der Waals surface area contributed by atoms with Crippen LogP contribution in [0.3, 0.4) is 0 Å². The lowest BCUT2D eigenvalue weighted by Crippen LogP contribution is -2.42. The summed E-state index contributed by atoms with van der Waals surface area (Å²) in [6.45, 7) is 3.18. The number of nitrogens with zero attached hydrogens (tertiary/aromatic N) is 3. The molecule has 0 saturated heterocycles. The first-order chi connectivity index (χ1) is 14.1. The van der Waals surface area contributed by atoms with Crippen LogP contribution in [0.4, 0.5) is 4.39 Å². The lowest BCUT2D eigenvalue weighted by atomic mass is 9.98. The molecule has 29 heavy (non-hydrogen) atoms. The summed E-state index contributed by atoms with van der Waals surface area (Å²) in [5.74, 6) is -0.416. The van der Waals surface area contributed by atoms with E-state index in [2.05, 4.69) is 33.9 Å². The zero-order chi connectivity index (χ0) is 20.0. The minimum atomic E-state index is -0.355. The van der Waals surface area contributed by atoms with Crippen molar-refractivity contribution in [1.29, 1.82) is 0 Å². The first-order valence-corrected chi connectivity index (χ1v) is 9.70. The highest BCUT2D eigenvalue weighted by Gasteiger charge is 2.33. The van der Waals surface area contributed by atoms with E-state index in [-0.39, 0.29) is 17.8 Å². The van der Waals surface area contributed by atoms with Crippen LogP contribution in [-0.4, -0.2) is 26.9 Å². The molecule has 0 radical (unpaired) electrons. The van der Waals surface area contributed by atoms with Crippen LogP contribution in [0.15, 0.2) is 72.9 Å². The Bertz CT molecular complexity index is 1210. The van der Waals surface area contributed by atoms with Gasteiger partial charge >= 0.3 is 0 Å². The van der Waals surface area contributed by atoms with Crippen LogP contribution in [0.5, 0.6) is 0 Å². The largest absolute Gasteiger partial charge is 0.348 e. The number of carbonyl (C=O) groups excluding carboxylic acids is 1. The Balaban J connectivity index is 1.65. The average Bonchev–Trinajstić information content (AvgIpc) is 3.21. The molecule has 0 N–H and O–H groups in total. The number of carbonyl (C=O) groups is 1. The molecule has 1 aliphatic rings. The lowest BCUT2D eigenvalue weighted by Gasteiger charge is -2.37. The molecule has 1 amide bonds. The number of rotatable bonds is 2. The summed E-state index contributed by atoms with van der Waals surface area (Å²) < 4.78 is 15.9. The van der Waals surface area contributed by atoms with Gasteiger partial charge in [0, 0.05) is 42.1 Å². The zero-order valence-electron chi connectivity index (χ0n) is 16.0. The standard InChI is InChI=1S/C24H20FN3O/c1-16-14-20(19-10-9-18(25)15-21(19)26-16)24(29)28-13-12-27-11-5-8-22(27)23(28)17-6-3-2-4-7-17/h2-11,14-15,23H,12-13H2,1H3. The van der Waals surface area contributed by atoms with E-state index >= 15 is 0 Å². The van der Waals surface area contributed by atoms with E-state index in [0.29, 0.717) is 28.7 Å². The number of amides is 1. The second kappa shape index (κ2) is 6.85. The molecule has 5 rings (SSSR count). The third kappa shape index (κ3) is 2.99. The average molecular weight is 385 g/mol. The molecule has 2 aromatic carbocycles. The van der Waals surface area contributed by atoms with Crippen LogP contribution >= 0.6 is 0 Å². The van der Waals surface area contributed by atoms with Crippen molar-refractivity contribution in [3.05, 3.63) is 101 Å². The molecule has 0 saturated carbocycles. The van der Waals surface area contributed by atoms with Gasteiger partial charge in [-0.15, -0.1) is 0 Å². The maximum Gasteiger partial charge on any atom is 0.255 e. The van der Waals surface area contributed by atoms with Gasteiger partial charge in [-0.1, -0.05) is 30.3 Å². The van der Waals surface area contributed by atoms with E-state index in [0.717, 1.165) is 17.8 Å². The summed E-state index contributed by atoms with van der Waals surface area (Å²) in [7, 11) is 0. The lowest BCUT2D eigenvalue weighted by molar-refractivity contribution is 0.0666. The molecule has 4 nitrogen and oxygen atoms in total. The van der Waals surface area contributed by atoms with E-state index < -0.39 is 0 Å². The molecule has 0 bridgehead atoms. The number of aromatic nitrogens is 2. The molecule has 4 aromatic rings. The third-order valence-corrected chi connectivity index (χ3v) is 5.54. The molecule has 0 fully saturated rings. The second-order valence-corrected chi connectivity index (χ2v) is 7.41. The Kier molecular flexibility index (Phi) is 4.16. The molecule has 3 heterocycles. The fraction of sp³-hybridized carbons (Fsp3) is 0.167. The van der Waals surface area contributed by atoms with Gasteiger partial charge in [0.05, 0.1) is 17.1 Å². The summed E-state index contributed by atoms with van der Waals surface area (Å²) in [5.41, 5.74) is 3.93. The van der Waals surface area contributed by atoms with Crippen molar-refractivity contribution < 1.29 is 9.18 Å². The SMILES string of the molecule is Cc1cc(C(=O)N2CCn3cccc3C2c2ccccc2)c2ccc(F)cc2n1. The van der Waals surface area contributed by atoms with Crippen molar-refractivity contribution in [2.24, 2.45) is 0 Å². The Morgan fingerprint density at radius 3 is 2.69 bits per heavy atom.